The SMILES string of the molecule is Cc1nc(C)c(CCC(=O)NOCC(N)=O)c(=O)[nH]1. The molecular weight excluding hydrogens is 252 g/mol. The number of H-pyrrole nitrogens is 1. The second kappa shape index (κ2) is 6.64. The normalized spacial score (nSPS) is 10.2. The molecule has 0 saturated carbocycles. The van der Waals surface area contributed by atoms with Crippen LogP contribution in [-0.4, -0.2) is 28.4 Å². The first kappa shape index (κ1) is 14.8. The van der Waals surface area contributed by atoms with Gasteiger partial charge in [0, 0.05) is 17.7 Å². The first-order valence-corrected chi connectivity index (χ1v) is 5.65. The fourth-order valence-electron chi connectivity index (χ4n) is 1.52. The topological polar surface area (TPSA) is 127 Å². The van der Waals surface area contributed by atoms with Gasteiger partial charge in [0.25, 0.3) is 5.56 Å². The van der Waals surface area contributed by atoms with Crippen molar-refractivity contribution in [2.75, 3.05) is 6.61 Å². The summed E-state index contributed by atoms with van der Waals surface area (Å²) in [5.74, 6) is -0.601. The van der Waals surface area contributed by atoms with Gasteiger partial charge in [-0.25, -0.2) is 10.5 Å². The number of amides is 2. The summed E-state index contributed by atoms with van der Waals surface area (Å²) in [7, 11) is 0. The molecule has 104 valence electrons. The van der Waals surface area contributed by atoms with Gasteiger partial charge in [-0.15, -0.1) is 0 Å². The summed E-state index contributed by atoms with van der Waals surface area (Å²) in [6.07, 6.45) is 0.285. The van der Waals surface area contributed by atoms with E-state index in [-0.39, 0.29) is 18.4 Å². The van der Waals surface area contributed by atoms with Gasteiger partial charge in [0.2, 0.25) is 11.8 Å². The highest BCUT2D eigenvalue weighted by atomic mass is 16.7. The molecule has 8 nitrogen and oxygen atoms in total. The van der Waals surface area contributed by atoms with Crippen LogP contribution in [0.25, 0.3) is 0 Å². The smallest absolute Gasteiger partial charge is 0.254 e. The van der Waals surface area contributed by atoms with E-state index in [4.69, 9.17) is 5.73 Å². The first-order chi connectivity index (χ1) is 8.90. The number of hydrogen-bond donors (Lipinski definition) is 3. The number of nitrogens with two attached hydrogens (primary N) is 1. The van der Waals surface area contributed by atoms with Gasteiger partial charge in [0.15, 0.2) is 6.61 Å². The molecule has 0 atom stereocenters. The van der Waals surface area contributed by atoms with Crippen LogP contribution < -0.4 is 16.8 Å². The van der Waals surface area contributed by atoms with Crippen LogP contribution >= 0.6 is 0 Å². The second-order valence-electron chi connectivity index (χ2n) is 4.00. The summed E-state index contributed by atoms with van der Waals surface area (Å²) < 4.78 is 0. The summed E-state index contributed by atoms with van der Waals surface area (Å²) in [5, 5.41) is 0. The zero-order valence-corrected chi connectivity index (χ0v) is 10.8. The van der Waals surface area contributed by atoms with E-state index >= 15 is 0 Å². The lowest BCUT2D eigenvalue weighted by molar-refractivity contribution is -0.137. The minimum absolute atomic E-state index is 0.0490. The Kier molecular flexibility index (Phi) is 5.19. The largest absolute Gasteiger partial charge is 0.368 e. The van der Waals surface area contributed by atoms with Crippen LogP contribution in [0.3, 0.4) is 0 Å². The van der Waals surface area contributed by atoms with Crippen LogP contribution in [0, 0.1) is 13.8 Å². The average Bonchev–Trinajstić information content (AvgIpc) is 2.26. The van der Waals surface area contributed by atoms with Crippen LogP contribution in [0.2, 0.25) is 0 Å². The predicted molar refractivity (Wildman–Crippen MR) is 65.9 cm³/mol. The van der Waals surface area contributed by atoms with Gasteiger partial charge < -0.3 is 10.7 Å². The van der Waals surface area contributed by atoms with Gasteiger partial charge in [-0.2, -0.15) is 0 Å². The van der Waals surface area contributed by atoms with Crippen LogP contribution in [-0.2, 0) is 20.8 Å². The summed E-state index contributed by atoms with van der Waals surface area (Å²) >= 11 is 0. The van der Waals surface area contributed by atoms with Crippen molar-refractivity contribution in [1.29, 1.82) is 0 Å². The van der Waals surface area contributed by atoms with E-state index in [0.717, 1.165) is 0 Å². The van der Waals surface area contributed by atoms with E-state index in [1.54, 1.807) is 13.8 Å². The van der Waals surface area contributed by atoms with Crippen molar-refractivity contribution in [2.24, 2.45) is 5.73 Å². The maximum Gasteiger partial charge on any atom is 0.254 e. The number of nitrogens with one attached hydrogen (secondary N) is 2. The highest BCUT2D eigenvalue weighted by Crippen LogP contribution is 2.02. The third-order valence-corrected chi connectivity index (χ3v) is 2.34. The number of nitrogens with zero attached hydrogens (tertiary/aromatic N) is 1. The van der Waals surface area contributed by atoms with E-state index in [0.29, 0.717) is 17.1 Å². The molecule has 19 heavy (non-hydrogen) atoms. The third kappa shape index (κ3) is 4.88. The standard InChI is InChI=1S/C11H16N4O4/c1-6-8(11(18)14-7(2)13-6)3-4-10(17)15-19-5-9(12)16/h3-5H2,1-2H3,(H2,12,16)(H,15,17)(H,13,14,18). The van der Waals surface area contributed by atoms with Gasteiger partial charge in [-0.1, -0.05) is 0 Å². The van der Waals surface area contributed by atoms with Crippen LogP contribution in [0.5, 0.6) is 0 Å². The molecule has 0 saturated heterocycles. The summed E-state index contributed by atoms with van der Waals surface area (Å²) in [5.41, 5.74) is 7.68. The van der Waals surface area contributed by atoms with Gasteiger partial charge in [0.1, 0.15) is 5.82 Å². The molecule has 0 unspecified atom stereocenters. The van der Waals surface area contributed by atoms with Crippen molar-refractivity contribution in [1.82, 2.24) is 15.4 Å². The third-order valence-electron chi connectivity index (χ3n) is 2.34. The number of carbonyl (C=O) groups is 2. The second-order valence-corrected chi connectivity index (χ2v) is 4.00. The highest BCUT2D eigenvalue weighted by Gasteiger charge is 2.09. The highest BCUT2D eigenvalue weighted by molar-refractivity contribution is 5.77. The van der Waals surface area contributed by atoms with Crippen molar-refractivity contribution >= 4 is 11.8 Å². The quantitative estimate of drug-likeness (QED) is 0.561. The molecule has 1 aromatic rings. The molecule has 1 aromatic heterocycles. The molecule has 8 heteroatoms. The Balaban J connectivity index is 2.51. The Hall–Kier alpha value is -2.22. The number of aromatic amines is 1. The van der Waals surface area contributed by atoms with Crippen molar-refractivity contribution < 1.29 is 14.4 Å². The van der Waals surface area contributed by atoms with Crippen LogP contribution in [0.15, 0.2) is 4.79 Å². The minimum atomic E-state index is -0.685. The number of carbonyl (C=O) groups excluding carboxylic acids is 2. The monoisotopic (exact) mass is 268 g/mol. The molecule has 0 aliphatic heterocycles. The Morgan fingerprint density at radius 3 is 2.68 bits per heavy atom. The molecule has 1 rings (SSSR count). The zero-order chi connectivity index (χ0) is 14.4. The molecule has 0 aliphatic rings. The van der Waals surface area contributed by atoms with Gasteiger partial charge in [-0.3, -0.25) is 19.2 Å². The molecule has 4 N–H and O–H groups in total. The van der Waals surface area contributed by atoms with E-state index < -0.39 is 18.4 Å². The molecule has 0 aliphatic carbocycles. The van der Waals surface area contributed by atoms with E-state index in [1.807, 2.05) is 0 Å². The number of aryl methyl sites for hydroxylation is 2. The fraction of sp³-hybridized carbons (Fsp3) is 0.455. The zero-order valence-electron chi connectivity index (χ0n) is 10.8. The fourth-order valence-corrected chi connectivity index (χ4v) is 1.52. The van der Waals surface area contributed by atoms with E-state index in [2.05, 4.69) is 20.3 Å². The Morgan fingerprint density at radius 1 is 1.42 bits per heavy atom. The van der Waals surface area contributed by atoms with Crippen LogP contribution in [0.1, 0.15) is 23.5 Å². The minimum Gasteiger partial charge on any atom is -0.368 e. The van der Waals surface area contributed by atoms with E-state index in [1.165, 1.54) is 0 Å². The van der Waals surface area contributed by atoms with Gasteiger partial charge in [0.05, 0.1) is 0 Å². The average molecular weight is 268 g/mol. The summed E-state index contributed by atoms with van der Waals surface area (Å²) in [6, 6.07) is 0. The first-order valence-electron chi connectivity index (χ1n) is 5.65. The lowest BCUT2D eigenvalue weighted by Crippen LogP contribution is -2.30. The number of hydrogen-bond acceptors (Lipinski definition) is 5. The van der Waals surface area contributed by atoms with Crippen LogP contribution in [0.4, 0.5) is 0 Å². The summed E-state index contributed by atoms with van der Waals surface area (Å²) in [4.78, 5) is 44.6. The number of hydroxylamine groups is 1. The molecule has 1 heterocycles. The Morgan fingerprint density at radius 2 is 2.11 bits per heavy atom. The maximum atomic E-state index is 11.7. The van der Waals surface area contributed by atoms with Crippen molar-refractivity contribution in [3.05, 3.63) is 27.4 Å². The molecule has 0 fully saturated rings. The lowest BCUT2D eigenvalue weighted by atomic mass is 10.1. The Bertz CT molecular complexity index is 538. The van der Waals surface area contributed by atoms with Gasteiger partial charge >= 0.3 is 0 Å². The molecular formula is C11H16N4O4. The summed E-state index contributed by atoms with van der Waals surface area (Å²) in [6.45, 7) is 3.00. The number of rotatable bonds is 6. The molecule has 0 bridgehead atoms. The number of primary amides is 1. The molecule has 0 radical (unpaired) electrons. The predicted octanol–water partition coefficient (Wildman–Crippen LogP) is -1.15. The molecule has 2 amide bonds. The Labute approximate surface area is 109 Å². The van der Waals surface area contributed by atoms with Crippen molar-refractivity contribution in [3.63, 3.8) is 0 Å². The van der Waals surface area contributed by atoms with E-state index in [9.17, 15) is 14.4 Å². The molecule has 0 aromatic carbocycles. The maximum absolute atomic E-state index is 11.7. The number of aromatic nitrogens is 2. The lowest BCUT2D eigenvalue weighted by Gasteiger charge is -2.06. The van der Waals surface area contributed by atoms with Crippen molar-refractivity contribution in [2.45, 2.75) is 26.7 Å². The van der Waals surface area contributed by atoms with Crippen molar-refractivity contribution in [3.8, 4) is 0 Å². The molecule has 0 spiro atoms. The van der Waals surface area contributed by atoms with Gasteiger partial charge in [-0.05, 0) is 20.3 Å².